The first-order chi connectivity index (χ1) is 9.29. The van der Waals surface area contributed by atoms with Gasteiger partial charge in [-0.3, -0.25) is 0 Å². The highest BCUT2D eigenvalue weighted by atomic mass is 127. The molecule has 1 aliphatic carbocycles. The van der Waals surface area contributed by atoms with E-state index in [0.717, 1.165) is 5.92 Å². The van der Waals surface area contributed by atoms with Crippen LogP contribution in [0.3, 0.4) is 0 Å². The van der Waals surface area contributed by atoms with Gasteiger partial charge in [-0.25, -0.2) is 0 Å². The van der Waals surface area contributed by atoms with Crippen molar-refractivity contribution < 1.29 is 0 Å². The van der Waals surface area contributed by atoms with Crippen molar-refractivity contribution in [3.63, 3.8) is 0 Å². The lowest BCUT2D eigenvalue weighted by Gasteiger charge is -2.28. The third-order valence-corrected chi connectivity index (χ3v) is 5.18. The Morgan fingerprint density at radius 2 is 1.63 bits per heavy atom. The molecule has 1 saturated carbocycles. The highest BCUT2D eigenvalue weighted by Gasteiger charge is 2.20. The van der Waals surface area contributed by atoms with Crippen molar-refractivity contribution in [2.75, 3.05) is 7.05 Å². The average Bonchev–Trinajstić information content (AvgIpc) is 2.38. The molecule has 0 heterocycles. The van der Waals surface area contributed by atoms with Gasteiger partial charge in [-0.05, 0) is 72.5 Å². The van der Waals surface area contributed by atoms with Gasteiger partial charge in [0.15, 0.2) is 0 Å². The van der Waals surface area contributed by atoms with Gasteiger partial charge < -0.3 is 5.32 Å². The predicted molar refractivity (Wildman–Crippen MR) is 91.5 cm³/mol. The minimum absolute atomic E-state index is 0.651. The minimum Gasteiger partial charge on any atom is -0.316 e. The molecule has 1 fully saturated rings. The molecule has 0 saturated heterocycles. The minimum atomic E-state index is 0.651. The lowest BCUT2D eigenvalue weighted by atomic mass is 9.83. The number of rotatable bonds is 4. The summed E-state index contributed by atoms with van der Waals surface area (Å²) in [6, 6.07) is 9.67. The summed E-state index contributed by atoms with van der Waals surface area (Å²) in [7, 11) is 2.14. The Labute approximate surface area is 131 Å². The van der Waals surface area contributed by atoms with E-state index in [4.69, 9.17) is 0 Å². The third kappa shape index (κ3) is 5.07. The summed E-state index contributed by atoms with van der Waals surface area (Å²) in [5.74, 6) is 0.865. The summed E-state index contributed by atoms with van der Waals surface area (Å²) < 4.78 is 1.33. The van der Waals surface area contributed by atoms with Crippen molar-refractivity contribution in [2.45, 2.75) is 57.4 Å². The molecular weight excluding hydrogens is 345 g/mol. The van der Waals surface area contributed by atoms with E-state index in [2.05, 4.69) is 59.2 Å². The molecular formula is C17H26IN. The Kier molecular flexibility index (Phi) is 6.65. The fourth-order valence-electron chi connectivity index (χ4n) is 3.27. The fraction of sp³-hybridized carbons (Fsp3) is 0.647. The first kappa shape index (κ1) is 15.3. The molecule has 2 heteroatoms. The maximum Gasteiger partial charge on any atom is 0.0133 e. The second kappa shape index (κ2) is 8.25. The van der Waals surface area contributed by atoms with Crippen LogP contribution >= 0.6 is 22.6 Å². The van der Waals surface area contributed by atoms with Gasteiger partial charge in [0.2, 0.25) is 0 Å². The molecule has 0 radical (unpaired) electrons. The first-order valence-corrected chi connectivity index (χ1v) is 8.79. The van der Waals surface area contributed by atoms with Gasteiger partial charge in [0.05, 0.1) is 0 Å². The van der Waals surface area contributed by atoms with Crippen LogP contribution in [0.4, 0.5) is 0 Å². The lowest BCUT2D eigenvalue weighted by Crippen LogP contribution is -2.36. The molecule has 1 aromatic carbocycles. The van der Waals surface area contributed by atoms with Gasteiger partial charge in [0.1, 0.15) is 0 Å². The SMILES string of the molecule is CNC(Cc1ccc(I)cc1)C1CCCCCCC1. The fourth-order valence-corrected chi connectivity index (χ4v) is 3.63. The summed E-state index contributed by atoms with van der Waals surface area (Å²) in [4.78, 5) is 0. The molecule has 1 nitrogen and oxygen atoms in total. The molecule has 1 N–H and O–H groups in total. The number of nitrogens with one attached hydrogen (secondary N) is 1. The van der Waals surface area contributed by atoms with Crippen LogP contribution in [0, 0.1) is 9.49 Å². The molecule has 1 unspecified atom stereocenters. The predicted octanol–water partition coefficient (Wildman–Crippen LogP) is 4.78. The lowest BCUT2D eigenvalue weighted by molar-refractivity contribution is 0.294. The van der Waals surface area contributed by atoms with Gasteiger partial charge in [-0.1, -0.05) is 44.2 Å². The zero-order chi connectivity index (χ0) is 13.5. The van der Waals surface area contributed by atoms with E-state index < -0.39 is 0 Å². The summed E-state index contributed by atoms with van der Waals surface area (Å²) in [5.41, 5.74) is 1.47. The molecule has 106 valence electrons. The zero-order valence-electron chi connectivity index (χ0n) is 12.0. The number of benzene rings is 1. The molecule has 0 bridgehead atoms. The largest absolute Gasteiger partial charge is 0.316 e. The maximum absolute atomic E-state index is 3.58. The normalized spacial score (nSPS) is 19.7. The monoisotopic (exact) mass is 371 g/mol. The Balaban J connectivity index is 1.95. The topological polar surface area (TPSA) is 12.0 Å². The van der Waals surface area contributed by atoms with Crippen molar-refractivity contribution >= 4 is 22.6 Å². The molecule has 0 aliphatic heterocycles. The van der Waals surface area contributed by atoms with Gasteiger partial charge in [0.25, 0.3) is 0 Å². The van der Waals surface area contributed by atoms with Crippen LogP contribution in [0.25, 0.3) is 0 Å². The van der Waals surface area contributed by atoms with Crippen LogP contribution in [0.5, 0.6) is 0 Å². The van der Waals surface area contributed by atoms with Crippen molar-refractivity contribution in [2.24, 2.45) is 5.92 Å². The van der Waals surface area contributed by atoms with Crippen LogP contribution in [-0.2, 0) is 6.42 Å². The van der Waals surface area contributed by atoms with E-state index in [1.54, 1.807) is 0 Å². The Hall–Kier alpha value is -0.0900. The Morgan fingerprint density at radius 1 is 1.05 bits per heavy atom. The molecule has 1 aromatic rings. The standard InChI is InChI=1S/C17H26IN/c1-19-17(13-14-9-11-16(18)12-10-14)15-7-5-3-2-4-6-8-15/h9-12,15,17,19H,2-8,13H2,1H3. The van der Waals surface area contributed by atoms with Crippen molar-refractivity contribution in [1.29, 1.82) is 0 Å². The number of hydrogen-bond acceptors (Lipinski definition) is 1. The van der Waals surface area contributed by atoms with Gasteiger partial charge >= 0.3 is 0 Å². The second-order valence-electron chi connectivity index (χ2n) is 5.83. The van der Waals surface area contributed by atoms with Gasteiger partial charge in [0, 0.05) is 9.61 Å². The summed E-state index contributed by atoms with van der Waals surface area (Å²) >= 11 is 2.38. The maximum atomic E-state index is 3.58. The van der Waals surface area contributed by atoms with E-state index >= 15 is 0 Å². The summed E-state index contributed by atoms with van der Waals surface area (Å²) in [5, 5.41) is 3.58. The molecule has 0 amide bonds. The first-order valence-electron chi connectivity index (χ1n) is 7.71. The van der Waals surface area contributed by atoms with Crippen molar-refractivity contribution in [3.05, 3.63) is 33.4 Å². The molecule has 0 spiro atoms. The van der Waals surface area contributed by atoms with Crippen molar-refractivity contribution in [3.8, 4) is 0 Å². The second-order valence-corrected chi connectivity index (χ2v) is 7.08. The number of hydrogen-bond donors (Lipinski definition) is 1. The Morgan fingerprint density at radius 3 is 2.21 bits per heavy atom. The molecule has 1 aliphatic rings. The van der Waals surface area contributed by atoms with Crippen LogP contribution in [-0.4, -0.2) is 13.1 Å². The van der Waals surface area contributed by atoms with Gasteiger partial charge in [-0.15, -0.1) is 0 Å². The highest BCUT2D eigenvalue weighted by Crippen LogP contribution is 2.26. The van der Waals surface area contributed by atoms with Crippen LogP contribution in [0.15, 0.2) is 24.3 Å². The van der Waals surface area contributed by atoms with Gasteiger partial charge in [-0.2, -0.15) is 0 Å². The third-order valence-electron chi connectivity index (χ3n) is 4.46. The van der Waals surface area contributed by atoms with Crippen LogP contribution < -0.4 is 5.32 Å². The average molecular weight is 371 g/mol. The Bertz CT molecular complexity index is 352. The van der Waals surface area contributed by atoms with E-state index in [9.17, 15) is 0 Å². The number of halogens is 1. The smallest absolute Gasteiger partial charge is 0.0133 e. The summed E-state index contributed by atoms with van der Waals surface area (Å²) in [6.45, 7) is 0. The van der Waals surface area contributed by atoms with E-state index in [-0.39, 0.29) is 0 Å². The van der Waals surface area contributed by atoms with Crippen LogP contribution in [0.1, 0.15) is 50.5 Å². The van der Waals surface area contributed by atoms with Crippen LogP contribution in [0.2, 0.25) is 0 Å². The van der Waals surface area contributed by atoms with E-state index in [0.29, 0.717) is 6.04 Å². The quantitative estimate of drug-likeness (QED) is 0.751. The van der Waals surface area contributed by atoms with Crippen molar-refractivity contribution in [1.82, 2.24) is 5.32 Å². The number of likely N-dealkylation sites (N-methyl/N-ethyl adjacent to an activating group) is 1. The molecule has 0 aromatic heterocycles. The molecule has 19 heavy (non-hydrogen) atoms. The zero-order valence-corrected chi connectivity index (χ0v) is 14.2. The molecule has 1 atom stereocenters. The van der Waals surface area contributed by atoms with E-state index in [1.807, 2.05) is 0 Å². The summed E-state index contributed by atoms with van der Waals surface area (Å²) in [6.07, 6.45) is 11.2. The van der Waals surface area contributed by atoms with E-state index in [1.165, 1.54) is 60.5 Å². The molecule has 2 rings (SSSR count). The highest BCUT2D eigenvalue weighted by molar-refractivity contribution is 14.1.